The van der Waals surface area contributed by atoms with Crippen molar-refractivity contribution in [2.24, 2.45) is 5.41 Å². The summed E-state index contributed by atoms with van der Waals surface area (Å²) in [4.78, 5) is 13.7. The van der Waals surface area contributed by atoms with Gasteiger partial charge in [-0.1, -0.05) is 6.92 Å². The molecule has 0 aromatic carbocycles. The van der Waals surface area contributed by atoms with Crippen molar-refractivity contribution in [3.8, 4) is 11.3 Å². The molecule has 1 N–H and O–H groups in total. The van der Waals surface area contributed by atoms with Crippen LogP contribution in [-0.4, -0.2) is 41.1 Å². The number of nitrogens with one attached hydrogen (secondary N) is 1. The van der Waals surface area contributed by atoms with Gasteiger partial charge < -0.3 is 9.88 Å². The van der Waals surface area contributed by atoms with Gasteiger partial charge in [0.25, 0.3) is 6.43 Å². The molecule has 0 radical (unpaired) electrons. The SMILES string of the molecule is Cc1nc2ccc(-c3cc(C)n4nc(NC56CCC(C)(CC5)C6)ncc34)nc2n1CC(F)F. The summed E-state index contributed by atoms with van der Waals surface area (Å²) < 4.78 is 29.6. The molecular formula is C24H27F2N7. The zero-order chi connectivity index (χ0) is 23.0. The van der Waals surface area contributed by atoms with Crippen LogP contribution in [0, 0.1) is 19.3 Å². The lowest BCUT2D eigenvalue weighted by Gasteiger charge is -2.28. The number of aryl methyl sites for hydroxylation is 2. The van der Waals surface area contributed by atoms with Crippen LogP contribution in [0.15, 0.2) is 24.4 Å². The van der Waals surface area contributed by atoms with E-state index in [1.165, 1.54) is 23.8 Å². The van der Waals surface area contributed by atoms with Gasteiger partial charge in [-0.15, -0.1) is 5.10 Å². The van der Waals surface area contributed by atoms with E-state index in [2.05, 4.69) is 22.2 Å². The van der Waals surface area contributed by atoms with Gasteiger partial charge in [0.2, 0.25) is 5.95 Å². The van der Waals surface area contributed by atoms with Crippen LogP contribution in [0.5, 0.6) is 0 Å². The maximum Gasteiger partial charge on any atom is 0.256 e. The van der Waals surface area contributed by atoms with Gasteiger partial charge in [0.1, 0.15) is 11.3 Å². The Morgan fingerprint density at radius 3 is 2.61 bits per heavy atom. The average molecular weight is 452 g/mol. The van der Waals surface area contributed by atoms with Gasteiger partial charge in [0, 0.05) is 16.8 Å². The van der Waals surface area contributed by atoms with E-state index in [1.54, 1.807) is 6.92 Å². The number of pyridine rings is 1. The molecule has 0 unspecified atom stereocenters. The Labute approximate surface area is 190 Å². The van der Waals surface area contributed by atoms with Gasteiger partial charge in [0.15, 0.2) is 5.65 Å². The summed E-state index contributed by atoms with van der Waals surface area (Å²) in [6.07, 6.45) is 5.36. The summed E-state index contributed by atoms with van der Waals surface area (Å²) in [5, 5.41) is 8.44. The Morgan fingerprint density at radius 2 is 1.91 bits per heavy atom. The molecule has 4 heterocycles. The minimum Gasteiger partial charge on any atom is -0.348 e. The summed E-state index contributed by atoms with van der Waals surface area (Å²) in [7, 11) is 0. The minimum absolute atomic E-state index is 0.111. The summed E-state index contributed by atoms with van der Waals surface area (Å²) >= 11 is 0. The Balaban J connectivity index is 1.38. The number of hydrogen-bond donors (Lipinski definition) is 1. The van der Waals surface area contributed by atoms with E-state index in [0.29, 0.717) is 34.0 Å². The van der Waals surface area contributed by atoms with E-state index in [-0.39, 0.29) is 5.54 Å². The summed E-state index contributed by atoms with van der Waals surface area (Å²) in [6.45, 7) is 5.68. The van der Waals surface area contributed by atoms with E-state index in [9.17, 15) is 8.78 Å². The molecule has 0 spiro atoms. The number of alkyl halides is 2. The highest BCUT2D eigenvalue weighted by molar-refractivity contribution is 5.83. The Hall–Kier alpha value is -3.10. The molecule has 2 fully saturated rings. The van der Waals surface area contributed by atoms with E-state index in [1.807, 2.05) is 35.8 Å². The molecule has 2 aliphatic rings. The lowest BCUT2D eigenvalue weighted by molar-refractivity contribution is 0.127. The Kier molecular flexibility index (Phi) is 4.32. The molecule has 2 bridgehead atoms. The number of fused-ring (bicyclic) bond motifs is 4. The number of aromatic nitrogens is 6. The van der Waals surface area contributed by atoms with Crippen molar-refractivity contribution in [2.75, 3.05) is 5.32 Å². The summed E-state index contributed by atoms with van der Waals surface area (Å²) in [5.41, 5.74) is 4.99. The Bertz CT molecular complexity index is 1380. The molecule has 6 rings (SSSR count). The van der Waals surface area contributed by atoms with Crippen LogP contribution in [0.25, 0.3) is 27.9 Å². The number of hydrogen-bond acceptors (Lipinski definition) is 5. The van der Waals surface area contributed by atoms with Crippen molar-refractivity contribution in [1.29, 1.82) is 0 Å². The van der Waals surface area contributed by atoms with Crippen LogP contribution in [0.4, 0.5) is 14.7 Å². The monoisotopic (exact) mass is 451 g/mol. The van der Waals surface area contributed by atoms with Gasteiger partial charge in [-0.2, -0.15) is 0 Å². The second-order valence-electron chi connectivity index (χ2n) is 10.2. The standard InChI is InChI=1S/C24H27F2N7/c1-14-10-16(17-4-5-18-21(29-17)32(12-20(25)26)15(2)28-18)19-11-27-22(31-33(14)19)30-24-8-6-23(3,13-24)7-9-24/h4-5,10-11,20H,6-9,12-13H2,1-3H3,(H,30,31). The predicted molar refractivity (Wildman–Crippen MR) is 123 cm³/mol. The molecule has 0 atom stereocenters. The lowest BCUT2D eigenvalue weighted by Crippen LogP contribution is -2.34. The predicted octanol–water partition coefficient (Wildman–Crippen LogP) is 5.16. The van der Waals surface area contributed by atoms with Crippen molar-refractivity contribution in [3.63, 3.8) is 0 Å². The van der Waals surface area contributed by atoms with Crippen molar-refractivity contribution in [1.82, 2.24) is 29.1 Å². The summed E-state index contributed by atoms with van der Waals surface area (Å²) in [6, 6.07) is 5.72. The van der Waals surface area contributed by atoms with Gasteiger partial charge in [-0.05, 0) is 69.6 Å². The third-order valence-electron chi connectivity index (χ3n) is 7.63. The van der Waals surface area contributed by atoms with Crippen molar-refractivity contribution in [2.45, 2.75) is 71.4 Å². The molecule has 4 aromatic rings. The minimum atomic E-state index is -2.47. The molecule has 0 amide bonds. The third kappa shape index (κ3) is 3.28. The maximum atomic E-state index is 13.1. The zero-order valence-electron chi connectivity index (χ0n) is 19.1. The molecular weight excluding hydrogens is 424 g/mol. The van der Waals surface area contributed by atoms with E-state index >= 15 is 0 Å². The molecule has 172 valence electrons. The summed E-state index contributed by atoms with van der Waals surface area (Å²) in [5.74, 6) is 1.18. The van der Waals surface area contributed by atoms with Crippen LogP contribution in [0.1, 0.15) is 50.5 Å². The maximum absolute atomic E-state index is 13.1. The van der Waals surface area contributed by atoms with E-state index in [4.69, 9.17) is 10.1 Å². The van der Waals surface area contributed by atoms with Crippen molar-refractivity contribution < 1.29 is 8.78 Å². The largest absolute Gasteiger partial charge is 0.348 e. The molecule has 0 aliphatic heterocycles. The number of imidazole rings is 1. The van der Waals surface area contributed by atoms with Crippen LogP contribution >= 0.6 is 0 Å². The fourth-order valence-electron chi connectivity index (χ4n) is 5.94. The molecule has 2 aliphatic carbocycles. The highest BCUT2D eigenvalue weighted by Gasteiger charge is 2.52. The van der Waals surface area contributed by atoms with Crippen molar-refractivity contribution >= 4 is 22.6 Å². The first-order chi connectivity index (χ1) is 15.7. The van der Waals surface area contributed by atoms with Gasteiger partial charge in [0.05, 0.1) is 24.0 Å². The fraction of sp³-hybridized carbons (Fsp3) is 0.500. The first kappa shape index (κ1) is 20.5. The van der Waals surface area contributed by atoms with Crippen molar-refractivity contribution in [3.05, 3.63) is 35.9 Å². The van der Waals surface area contributed by atoms with Gasteiger partial charge in [-0.25, -0.2) is 28.2 Å². The topological polar surface area (TPSA) is 72.9 Å². The molecule has 2 saturated carbocycles. The molecule has 33 heavy (non-hydrogen) atoms. The number of anilines is 1. The van der Waals surface area contributed by atoms with Crippen LogP contribution < -0.4 is 5.32 Å². The smallest absolute Gasteiger partial charge is 0.256 e. The van der Waals surface area contributed by atoms with Gasteiger partial charge >= 0.3 is 0 Å². The highest BCUT2D eigenvalue weighted by Crippen LogP contribution is 2.57. The second-order valence-corrected chi connectivity index (χ2v) is 10.2. The van der Waals surface area contributed by atoms with Crippen LogP contribution in [-0.2, 0) is 6.54 Å². The third-order valence-corrected chi connectivity index (χ3v) is 7.63. The highest BCUT2D eigenvalue weighted by atomic mass is 19.3. The van der Waals surface area contributed by atoms with Gasteiger partial charge in [-0.3, -0.25) is 0 Å². The quantitative estimate of drug-likeness (QED) is 0.454. The normalized spacial score (nSPS) is 24.5. The number of rotatable bonds is 5. The fourth-order valence-corrected chi connectivity index (χ4v) is 5.94. The molecule has 7 nitrogen and oxygen atoms in total. The van der Waals surface area contributed by atoms with Crippen LogP contribution in [0.3, 0.4) is 0 Å². The second kappa shape index (κ2) is 6.95. The molecule has 9 heteroatoms. The van der Waals surface area contributed by atoms with E-state index < -0.39 is 13.0 Å². The first-order valence-electron chi connectivity index (χ1n) is 11.5. The Morgan fingerprint density at radius 1 is 1.12 bits per heavy atom. The number of halogens is 2. The lowest BCUT2D eigenvalue weighted by atomic mass is 9.86. The zero-order valence-corrected chi connectivity index (χ0v) is 19.1. The number of nitrogens with zero attached hydrogens (tertiary/aromatic N) is 6. The van der Waals surface area contributed by atoms with Crippen LogP contribution in [0.2, 0.25) is 0 Å². The van der Waals surface area contributed by atoms with E-state index in [0.717, 1.165) is 29.6 Å². The first-order valence-corrected chi connectivity index (χ1v) is 11.5. The average Bonchev–Trinajstić information content (AvgIpc) is 3.47. The molecule has 0 saturated heterocycles. The molecule has 4 aromatic heterocycles.